The molecule has 0 spiro atoms. The Balaban J connectivity index is 1.59. The summed E-state index contributed by atoms with van der Waals surface area (Å²) in [5, 5.41) is 0. The second kappa shape index (κ2) is 10.5. The Morgan fingerprint density at radius 1 is 0.919 bits per heavy atom. The highest BCUT2D eigenvalue weighted by Crippen LogP contribution is 2.45. The van der Waals surface area contributed by atoms with E-state index in [1.807, 2.05) is 29.2 Å². The predicted molar refractivity (Wildman–Crippen MR) is 141 cm³/mol. The third-order valence-electron chi connectivity index (χ3n) is 7.90. The molecule has 0 unspecified atom stereocenters. The normalized spacial score (nSPS) is 22.1. The molecule has 37 heavy (non-hydrogen) atoms. The maximum atomic E-state index is 14.5. The van der Waals surface area contributed by atoms with E-state index in [2.05, 4.69) is 0 Å². The van der Waals surface area contributed by atoms with Gasteiger partial charge in [-0.05, 0) is 56.4 Å². The van der Waals surface area contributed by atoms with Crippen molar-refractivity contribution in [2.45, 2.75) is 69.5 Å². The number of amides is 4. The van der Waals surface area contributed by atoms with E-state index in [-0.39, 0.29) is 23.9 Å². The molecule has 1 saturated heterocycles. The number of hydrogen-bond acceptors (Lipinski definition) is 3. The fourth-order valence-corrected chi connectivity index (χ4v) is 6.15. The second-order valence-corrected chi connectivity index (χ2v) is 10.5. The minimum atomic E-state index is -0.911. The van der Waals surface area contributed by atoms with Crippen molar-refractivity contribution < 1.29 is 18.8 Å². The van der Waals surface area contributed by atoms with Gasteiger partial charge < -0.3 is 14.7 Å². The van der Waals surface area contributed by atoms with Gasteiger partial charge in [0.15, 0.2) is 0 Å². The summed E-state index contributed by atoms with van der Waals surface area (Å²) < 4.78 is 14.5. The molecular formula is C29H35FN4O3. The Labute approximate surface area is 217 Å². The Morgan fingerprint density at radius 3 is 2.38 bits per heavy atom. The number of carbonyl (C=O) groups excluding carboxylic acids is 3. The minimum absolute atomic E-state index is 0.0818. The van der Waals surface area contributed by atoms with Crippen molar-refractivity contribution in [2.75, 3.05) is 30.4 Å². The first-order valence-corrected chi connectivity index (χ1v) is 13.4. The van der Waals surface area contributed by atoms with Crippen LogP contribution in [0.4, 0.5) is 20.6 Å². The zero-order valence-electron chi connectivity index (χ0n) is 21.6. The largest absolute Gasteiger partial charge is 0.331 e. The molecule has 0 aromatic heterocycles. The number of likely N-dealkylation sites (tertiary alicyclic amines) is 1. The number of nitrogens with zero attached hydrogens (tertiary/aromatic N) is 4. The molecule has 2 fully saturated rings. The molecule has 1 aliphatic carbocycles. The van der Waals surface area contributed by atoms with Gasteiger partial charge in [-0.15, -0.1) is 0 Å². The van der Waals surface area contributed by atoms with Gasteiger partial charge in [0.2, 0.25) is 0 Å². The fourth-order valence-electron chi connectivity index (χ4n) is 6.15. The summed E-state index contributed by atoms with van der Waals surface area (Å²) >= 11 is 0. The molecule has 1 saturated carbocycles. The van der Waals surface area contributed by atoms with Crippen LogP contribution in [0.2, 0.25) is 0 Å². The molecule has 5 rings (SSSR count). The van der Waals surface area contributed by atoms with Crippen molar-refractivity contribution in [1.82, 2.24) is 9.80 Å². The van der Waals surface area contributed by atoms with Crippen molar-refractivity contribution in [2.24, 2.45) is 0 Å². The van der Waals surface area contributed by atoms with Crippen molar-refractivity contribution in [3.63, 3.8) is 0 Å². The smallest absolute Gasteiger partial charge is 0.320 e. The Morgan fingerprint density at radius 2 is 1.65 bits per heavy atom. The van der Waals surface area contributed by atoms with Gasteiger partial charge in [0.1, 0.15) is 17.9 Å². The number of urea groups is 1. The number of benzene rings is 2. The number of carbonyl (C=O) groups is 3. The summed E-state index contributed by atoms with van der Waals surface area (Å²) in [4.78, 5) is 48.0. The molecule has 7 nitrogen and oxygen atoms in total. The van der Waals surface area contributed by atoms with Crippen LogP contribution in [0.3, 0.4) is 0 Å². The number of hydrogen-bond donors (Lipinski definition) is 0. The van der Waals surface area contributed by atoms with Gasteiger partial charge in [-0.25, -0.2) is 9.18 Å². The zero-order valence-corrected chi connectivity index (χ0v) is 21.6. The van der Waals surface area contributed by atoms with E-state index in [0.29, 0.717) is 18.7 Å². The SMILES string of the molecule is CN(C)C(=O)N1CCCC[C@@H]1C(=O)N(c1cccc(F)c1)[C@@H]1C(=O)N(C2CCCCC2)c2ccccc21. The summed E-state index contributed by atoms with van der Waals surface area (Å²) in [6, 6.07) is 11.7. The van der Waals surface area contributed by atoms with Gasteiger partial charge in [-0.1, -0.05) is 43.5 Å². The number of fused-ring (bicyclic) bond motifs is 1. The van der Waals surface area contributed by atoms with Crippen LogP contribution in [0.25, 0.3) is 0 Å². The predicted octanol–water partition coefficient (Wildman–Crippen LogP) is 5.12. The van der Waals surface area contributed by atoms with Gasteiger partial charge in [0.05, 0.1) is 0 Å². The maximum absolute atomic E-state index is 14.5. The van der Waals surface area contributed by atoms with Crippen LogP contribution in [-0.4, -0.2) is 60.4 Å². The van der Waals surface area contributed by atoms with Gasteiger partial charge in [-0.3, -0.25) is 14.5 Å². The van der Waals surface area contributed by atoms with E-state index < -0.39 is 17.9 Å². The summed E-state index contributed by atoms with van der Waals surface area (Å²) in [6.45, 7) is 0.466. The lowest BCUT2D eigenvalue weighted by Gasteiger charge is -2.40. The van der Waals surface area contributed by atoms with Crippen molar-refractivity contribution in [3.8, 4) is 0 Å². The summed E-state index contributed by atoms with van der Waals surface area (Å²) in [6.07, 6.45) is 7.25. The van der Waals surface area contributed by atoms with Crippen LogP contribution in [-0.2, 0) is 9.59 Å². The molecule has 2 aliphatic heterocycles. The number of anilines is 2. The number of rotatable bonds is 4. The average Bonchev–Trinajstić information content (AvgIpc) is 3.20. The number of halogens is 1. The third-order valence-corrected chi connectivity index (χ3v) is 7.90. The molecule has 3 aliphatic rings. The van der Waals surface area contributed by atoms with E-state index in [0.717, 1.165) is 56.2 Å². The third kappa shape index (κ3) is 4.69. The minimum Gasteiger partial charge on any atom is -0.331 e. The molecule has 0 radical (unpaired) electrons. The molecular weight excluding hydrogens is 471 g/mol. The van der Waals surface area contributed by atoms with Crippen LogP contribution >= 0.6 is 0 Å². The van der Waals surface area contributed by atoms with Gasteiger partial charge in [0.25, 0.3) is 11.8 Å². The van der Waals surface area contributed by atoms with Crippen LogP contribution in [0, 0.1) is 5.82 Å². The topological polar surface area (TPSA) is 64.2 Å². The van der Waals surface area contributed by atoms with Crippen LogP contribution in [0.1, 0.15) is 63.0 Å². The quantitative estimate of drug-likeness (QED) is 0.579. The highest BCUT2D eigenvalue weighted by molar-refractivity contribution is 6.13. The Bertz CT molecular complexity index is 1180. The fraction of sp³-hybridized carbons (Fsp3) is 0.483. The monoisotopic (exact) mass is 506 g/mol. The number of para-hydroxylation sites is 1. The van der Waals surface area contributed by atoms with Crippen LogP contribution in [0.15, 0.2) is 48.5 Å². The standard InChI is InChI=1S/C29H35FN4O3/c1-31(2)29(37)32-18-9-8-17-25(32)27(35)34(22-14-10-11-20(30)19-22)26-23-15-6-7-16-24(23)33(28(26)36)21-12-4-3-5-13-21/h6-7,10-11,14-16,19,21,25-26H,3-5,8-9,12-13,17-18H2,1-2H3/t25-,26+/m1/s1. The molecule has 2 atom stereocenters. The highest BCUT2D eigenvalue weighted by atomic mass is 19.1. The van der Waals surface area contributed by atoms with E-state index in [1.54, 1.807) is 31.1 Å². The molecule has 4 amide bonds. The summed E-state index contributed by atoms with van der Waals surface area (Å²) in [7, 11) is 3.34. The lowest BCUT2D eigenvalue weighted by molar-refractivity contribution is -0.128. The average molecular weight is 507 g/mol. The lowest BCUT2D eigenvalue weighted by atomic mass is 9.94. The molecule has 8 heteroatoms. The molecule has 0 N–H and O–H groups in total. The molecule has 2 heterocycles. The van der Waals surface area contributed by atoms with Gasteiger partial charge >= 0.3 is 6.03 Å². The van der Waals surface area contributed by atoms with E-state index in [4.69, 9.17) is 0 Å². The van der Waals surface area contributed by atoms with Gasteiger partial charge in [-0.2, -0.15) is 0 Å². The summed E-state index contributed by atoms with van der Waals surface area (Å²) in [5.41, 5.74) is 1.90. The van der Waals surface area contributed by atoms with E-state index in [9.17, 15) is 18.8 Å². The van der Waals surface area contributed by atoms with Gasteiger partial charge in [0, 0.05) is 43.6 Å². The maximum Gasteiger partial charge on any atom is 0.320 e. The Kier molecular flexibility index (Phi) is 7.17. The van der Waals surface area contributed by atoms with Crippen molar-refractivity contribution in [3.05, 3.63) is 59.9 Å². The van der Waals surface area contributed by atoms with E-state index >= 15 is 0 Å². The first kappa shape index (κ1) is 25.2. The number of piperidine rings is 1. The van der Waals surface area contributed by atoms with Crippen molar-refractivity contribution in [1.29, 1.82) is 0 Å². The molecule has 196 valence electrons. The second-order valence-electron chi connectivity index (χ2n) is 10.5. The van der Waals surface area contributed by atoms with Crippen LogP contribution in [0.5, 0.6) is 0 Å². The Hall–Kier alpha value is -3.42. The van der Waals surface area contributed by atoms with Crippen molar-refractivity contribution >= 4 is 29.2 Å². The summed E-state index contributed by atoms with van der Waals surface area (Å²) in [5.74, 6) is -0.991. The van der Waals surface area contributed by atoms with Crippen LogP contribution < -0.4 is 9.80 Å². The highest BCUT2D eigenvalue weighted by Gasteiger charge is 2.48. The molecule has 0 bridgehead atoms. The molecule has 2 aromatic rings. The first-order chi connectivity index (χ1) is 17.9. The lowest BCUT2D eigenvalue weighted by Crippen LogP contribution is -2.57. The molecule has 2 aromatic carbocycles. The van der Waals surface area contributed by atoms with E-state index in [1.165, 1.54) is 21.9 Å². The first-order valence-electron chi connectivity index (χ1n) is 13.4. The zero-order chi connectivity index (χ0) is 26.1.